The van der Waals surface area contributed by atoms with E-state index in [0.29, 0.717) is 17.9 Å². The van der Waals surface area contributed by atoms with Crippen LogP contribution in [0.1, 0.15) is 81.9 Å². The van der Waals surface area contributed by atoms with Crippen LogP contribution in [0.2, 0.25) is 5.02 Å². The van der Waals surface area contributed by atoms with E-state index < -0.39 is 5.92 Å². The Labute approximate surface area is 253 Å². The minimum atomic E-state index is -0.518. The molecule has 0 N–H and O–H groups in total. The van der Waals surface area contributed by atoms with Gasteiger partial charge in [-0.1, -0.05) is 69.6 Å². The second-order valence-electron chi connectivity index (χ2n) is 11.5. The highest BCUT2D eigenvalue weighted by atomic mass is 35.5. The van der Waals surface area contributed by atoms with Gasteiger partial charge in [-0.15, -0.1) is 11.3 Å². The van der Waals surface area contributed by atoms with Gasteiger partial charge in [0.15, 0.2) is 0 Å². The first-order chi connectivity index (χ1) is 19.8. The van der Waals surface area contributed by atoms with Crippen molar-refractivity contribution in [2.45, 2.75) is 78.6 Å². The third-order valence-electron chi connectivity index (χ3n) is 8.20. The summed E-state index contributed by atoms with van der Waals surface area (Å²) in [6.07, 6.45) is 5.88. The molecule has 3 aromatic rings. The lowest BCUT2D eigenvalue weighted by Crippen LogP contribution is -2.45. The number of para-hydroxylation sites is 1. The molecular weight excluding hydrogens is 550 g/mol. The van der Waals surface area contributed by atoms with Crippen molar-refractivity contribution in [1.82, 2.24) is 9.88 Å². The highest BCUT2D eigenvalue weighted by molar-refractivity contribution is 7.10. The van der Waals surface area contributed by atoms with E-state index in [1.165, 1.54) is 11.3 Å². The molecule has 1 saturated heterocycles. The maximum atomic E-state index is 14.7. The summed E-state index contributed by atoms with van der Waals surface area (Å²) in [5.41, 5.74) is 6.66. The Bertz CT molecular complexity index is 1410. The zero-order chi connectivity index (χ0) is 29.1. The molecule has 2 amide bonds. The molecule has 1 atom stereocenters. The smallest absolute Gasteiger partial charge is 0.251 e. The molecule has 0 saturated carbocycles. The molecule has 1 unspecified atom stereocenters. The summed E-state index contributed by atoms with van der Waals surface area (Å²) in [5, 5.41) is 3.43. The van der Waals surface area contributed by atoms with Gasteiger partial charge < -0.3 is 4.90 Å². The Kier molecular flexibility index (Phi) is 9.30. The zero-order valence-electron chi connectivity index (χ0n) is 24.6. The first-order valence-corrected chi connectivity index (χ1v) is 16.2. The van der Waals surface area contributed by atoms with Crippen LogP contribution in [0.25, 0.3) is 11.3 Å². The van der Waals surface area contributed by atoms with Crippen LogP contribution in [0, 0.1) is 5.92 Å². The zero-order valence-corrected chi connectivity index (χ0v) is 26.2. The molecule has 41 heavy (non-hydrogen) atoms. The van der Waals surface area contributed by atoms with Crippen LogP contribution in [0.4, 0.5) is 5.69 Å². The van der Waals surface area contributed by atoms with Crippen molar-refractivity contribution in [3.05, 3.63) is 80.3 Å². The lowest BCUT2D eigenvalue weighted by molar-refractivity contribution is -0.128. The molecule has 0 aliphatic carbocycles. The van der Waals surface area contributed by atoms with Gasteiger partial charge in [-0.3, -0.25) is 14.5 Å². The van der Waals surface area contributed by atoms with Gasteiger partial charge in [-0.2, -0.15) is 0 Å². The van der Waals surface area contributed by atoms with Crippen molar-refractivity contribution in [2.24, 2.45) is 5.92 Å². The van der Waals surface area contributed by atoms with Crippen LogP contribution >= 0.6 is 22.9 Å². The van der Waals surface area contributed by atoms with Gasteiger partial charge in [0, 0.05) is 40.3 Å². The van der Waals surface area contributed by atoms with Gasteiger partial charge in [0.1, 0.15) is 5.01 Å². The Balaban J connectivity index is 1.67. The van der Waals surface area contributed by atoms with Crippen molar-refractivity contribution in [2.75, 3.05) is 18.0 Å². The monoisotopic (exact) mass is 589 g/mol. The molecular formula is C34H40ClN3O2S. The number of halogens is 1. The number of aromatic nitrogens is 1. The molecule has 2 aliphatic rings. The number of benzene rings is 2. The minimum absolute atomic E-state index is 0.0171. The molecule has 2 aliphatic heterocycles. The molecule has 3 heterocycles. The van der Waals surface area contributed by atoms with Crippen molar-refractivity contribution >= 4 is 40.4 Å². The third-order valence-corrected chi connectivity index (χ3v) is 9.41. The van der Waals surface area contributed by atoms with Crippen molar-refractivity contribution in [1.29, 1.82) is 0 Å². The second-order valence-corrected chi connectivity index (χ2v) is 12.8. The number of aryl methyl sites for hydroxylation is 2. The fourth-order valence-electron chi connectivity index (χ4n) is 6.07. The maximum Gasteiger partial charge on any atom is 0.251 e. The normalized spacial score (nSPS) is 18.0. The van der Waals surface area contributed by atoms with Crippen molar-refractivity contribution < 1.29 is 9.59 Å². The number of likely N-dealkylation sites (tertiary alicyclic amines) is 1. The number of amides is 2. The summed E-state index contributed by atoms with van der Waals surface area (Å²) in [5.74, 6) is -0.126. The topological polar surface area (TPSA) is 53.5 Å². The quantitative estimate of drug-likeness (QED) is 0.265. The Morgan fingerprint density at radius 2 is 1.68 bits per heavy atom. The molecule has 1 aromatic heterocycles. The van der Waals surface area contributed by atoms with Crippen LogP contribution in [-0.4, -0.2) is 34.8 Å². The van der Waals surface area contributed by atoms with Crippen LogP contribution in [-0.2, 0) is 22.4 Å². The van der Waals surface area contributed by atoms with Gasteiger partial charge in [0.25, 0.3) is 5.91 Å². The lowest BCUT2D eigenvalue weighted by Gasteiger charge is -2.39. The number of carbonyl (C=O) groups is 2. The SMILES string of the molecule is CCc1cccc(CC)c1N1C(=O)C(c2nc(-c3ccc(Cl)cc3)cs2)CC(C(=O)N2CCCCC2)=C1CC(C)C. The Morgan fingerprint density at radius 3 is 2.29 bits per heavy atom. The molecule has 5 nitrogen and oxygen atoms in total. The van der Waals surface area contributed by atoms with Crippen LogP contribution < -0.4 is 4.90 Å². The fraction of sp³-hybridized carbons (Fsp3) is 0.441. The highest BCUT2D eigenvalue weighted by Gasteiger charge is 2.42. The number of hydrogen-bond donors (Lipinski definition) is 0. The van der Waals surface area contributed by atoms with Gasteiger partial charge in [0.05, 0.1) is 17.3 Å². The number of carbonyl (C=O) groups excluding carboxylic acids is 2. The average Bonchev–Trinajstić information content (AvgIpc) is 3.47. The standard InChI is InChI=1S/C34H40ClN3O2S/c1-5-23-11-10-12-24(6-2)31(23)38-30(19-22(3)4)27(33(39)37-17-8-7-9-18-37)20-28(34(38)40)32-36-29(21-41-32)25-13-15-26(35)16-14-25/h10-16,21-22,28H,5-9,17-20H2,1-4H3. The predicted molar refractivity (Wildman–Crippen MR) is 170 cm³/mol. The summed E-state index contributed by atoms with van der Waals surface area (Å²) in [7, 11) is 0. The molecule has 7 heteroatoms. The average molecular weight is 590 g/mol. The maximum absolute atomic E-state index is 14.7. The number of anilines is 1. The number of piperidine rings is 1. The number of nitrogens with zero attached hydrogens (tertiary/aromatic N) is 3. The van der Waals surface area contributed by atoms with E-state index in [2.05, 4.69) is 45.9 Å². The summed E-state index contributed by atoms with van der Waals surface area (Å²) in [4.78, 5) is 37.9. The molecule has 0 bridgehead atoms. The minimum Gasteiger partial charge on any atom is -0.339 e. The highest BCUT2D eigenvalue weighted by Crippen LogP contribution is 2.44. The van der Waals surface area contributed by atoms with Gasteiger partial charge in [-0.25, -0.2) is 4.98 Å². The molecule has 216 valence electrons. The van der Waals surface area contributed by atoms with E-state index in [1.807, 2.05) is 39.4 Å². The molecule has 2 aromatic carbocycles. The van der Waals surface area contributed by atoms with E-state index in [4.69, 9.17) is 16.6 Å². The molecule has 0 radical (unpaired) electrons. The van der Waals surface area contributed by atoms with Crippen LogP contribution in [0.15, 0.2) is 59.1 Å². The third kappa shape index (κ3) is 6.14. The summed E-state index contributed by atoms with van der Waals surface area (Å²) >= 11 is 7.62. The Hall–Kier alpha value is -2.96. The van der Waals surface area contributed by atoms with E-state index in [-0.39, 0.29) is 17.7 Å². The first kappa shape index (κ1) is 29.5. The second kappa shape index (κ2) is 12.9. The summed E-state index contributed by atoms with van der Waals surface area (Å²) < 4.78 is 0. The number of thiazole rings is 1. The molecule has 5 rings (SSSR count). The molecule has 0 spiro atoms. The van der Waals surface area contributed by atoms with Gasteiger partial charge in [0.2, 0.25) is 5.91 Å². The van der Waals surface area contributed by atoms with E-state index in [9.17, 15) is 9.59 Å². The number of allylic oxidation sites excluding steroid dienone is 1. The van der Waals surface area contributed by atoms with Crippen LogP contribution in [0.3, 0.4) is 0 Å². The first-order valence-electron chi connectivity index (χ1n) is 15.0. The van der Waals surface area contributed by atoms with Crippen molar-refractivity contribution in [3.63, 3.8) is 0 Å². The summed E-state index contributed by atoms with van der Waals surface area (Å²) in [6, 6.07) is 13.9. The van der Waals surface area contributed by atoms with Gasteiger partial charge >= 0.3 is 0 Å². The van der Waals surface area contributed by atoms with E-state index >= 15 is 0 Å². The number of rotatable bonds is 8. The van der Waals surface area contributed by atoms with E-state index in [1.54, 1.807) is 0 Å². The van der Waals surface area contributed by atoms with Crippen LogP contribution in [0.5, 0.6) is 0 Å². The van der Waals surface area contributed by atoms with Crippen molar-refractivity contribution in [3.8, 4) is 11.3 Å². The Morgan fingerprint density at radius 1 is 1.02 bits per heavy atom. The lowest BCUT2D eigenvalue weighted by atomic mass is 9.86. The largest absolute Gasteiger partial charge is 0.339 e. The van der Waals surface area contributed by atoms with E-state index in [0.717, 1.165) is 89.5 Å². The fourth-order valence-corrected chi connectivity index (χ4v) is 7.12. The summed E-state index contributed by atoms with van der Waals surface area (Å²) in [6.45, 7) is 10.1. The molecule has 1 fully saturated rings. The van der Waals surface area contributed by atoms with Gasteiger partial charge in [-0.05, 0) is 74.1 Å². The number of hydrogen-bond acceptors (Lipinski definition) is 4. The predicted octanol–water partition coefficient (Wildman–Crippen LogP) is 8.42.